The van der Waals surface area contributed by atoms with Crippen molar-refractivity contribution in [3.05, 3.63) is 0 Å². The van der Waals surface area contributed by atoms with Gasteiger partial charge in [-0.15, -0.1) is 0 Å². The summed E-state index contributed by atoms with van der Waals surface area (Å²) in [4.78, 5) is 12.7. The minimum atomic E-state index is -0.474. The number of Topliss-reactive ketones (excluding diaryl/α,β-unsaturated/α-hetero) is 1. The van der Waals surface area contributed by atoms with Crippen LogP contribution in [0.2, 0.25) is 0 Å². The third-order valence-electron chi connectivity index (χ3n) is 4.06. The Morgan fingerprint density at radius 2 is 2.06 bits per heavy atom. The second kappa shape index (κ2) is 5.96. The molecule has 98 valence electrons. The molecule has 1 aliphatic heterocycles. The molecule has 1 heterocycles. The molecular weight excluding hydrogens is 216 g/mol. The maximum Gasteiger partial charge on any atom is 0.169 e. The molecule has 1 saturated carbocycles. The first-order valence-corrected chi connectivity index (χ1v) is 7.04. The minimum absolute atomic E-state index is 0.0772. The van der Waals surface area contributed by atoms with Gasteiger partial charge in [0.1, 0.15) is 5.60 Å². The second-order valence-electron chi connectivity index (χ2n) is 5.27. The van der Waals surface area contributed by atoms with Crippen LogP contribution in [-0.4, -0.2) is 31.2 Å². The average molecular weight is 240 g/mol. The van der Waals surface area contributed by atoms with Gasteiger partial charge in [-0.2, -0.15) is 0 Å². The Bertz CT molecular complexity index is 245. The monoisotopic (exact) mass is 240 g/mol. The van der Waals surface area contributed by atoms with Gasteiger partial charge in [0.15, 0.2) is 5.78 Å². The highest BCUT2D eigenvalue weighted by atomic mass is 16.5. The summed E-state index contributed by atoms with van der Waals surface area (Å²) >= 11 is 0. The van der Waals surface area contributed by atoms with Crippen LogP contribution in [0.1, 0.15) is 51.9 Å². The first kappa shape index (κ1) is 13.0. The molecule has 0 N–H and O–H groups in total. The van der Waals surface area contributed by atoms with Gasteiger partial charge in [-0.1, -0.05) is 19.3 Å². The molecule has 17 heavy (non-hydrogen) atoms. The van der Waals surface area contributed by atoms with Crippen LogP contribution in [0.15, 0.2) is 0 Å². The Morgan fingerprint density at radius 3 is 2.65 bits per heavy atom. The Hall–Kier alpha value is -0.410. The summed E-state index contributed by atoms with van der Waals surface area (Å²) in [5.41, 5.74) is -0.474. The molecule has 2 aliphatic rings. The smallest absolute Gasteiger partial charge is 0.169 e. The summed E-state index contributed by atoms with van der Waals surface area (Å²) in [6, 6.07) is 0. The third-order valence-corrected chi connectivity index (χ3v) is 4.06. The summed E-state index contributed by atoms with van der Waals surface area (Å²) in [6.45, 7) is 4.04. The van der Waals surface area contributed by atoms with Crippen molar-refractivity contribution in [2.75, 3.05) is 19.8 Å². The van der Waals surface area contributed by atoms with Crippen LogP contribution in [0.25, 0.3) is 0 Å². The summed E-state index contributed by atoms with van der Waals surface area (Å²) < 4.78 is 11.3. The minimum Gasteiger partial charge on any atom is -0.381 e. The van der Waals surface area contributed by atoms with Crippen molar-refractivity contribution in [2.24, 2.45) is 5.92 Å². The van der Waals surface area contributed by atoms with Crippen molar-refractivity contribution in [3.63, 3.8) is 0 Å². The van der Waals surface area contributed by atoms with Crippen molar-refractivity contribution < 1.29 is 14.3 Å². The number of rotatable bonds is 4. The molecule has 2 fully saturated rings. The Balaban J connectivity index is 2.05. The predicted molar refractivity (Wildman–Crippen MR) is 66.0 cm³/mol. The maximum atomic E-state index is 12.7. The van der Waals surface area contributed by atoms with Crippen LogP contribution in [0.5, 0.6) is 0 Å². The van der Waals surface area contributed by atoms with Crippen molar-refractivity contribution in [1.82, 2.24) is 0 Å². The fraction of sp³-hybridized carbons (Fsp3) is 0.929. The topological polar surface area (TPSA) is 35.5 Å². The van der Waals surface area contributed by atoms with E-state index in [1.807, 2.05) is 6.92 Å². The first-order chi connectivity index (χ1) is 8.28. The van der Waals surface area contributed by atoms with E-state index >= 15 is 0 Å². The average Bonchev–Trinajstić information content (AvgIpc) is 2.40. The summed E-state index contributed by atoms with van der Waals surface area (Å²) in [7, 11) is 0. The van der Waals surface area contributed by atoms with Crippen molar-refractivity contribution >= 4 is 5.78 Å². The Kier molecular flexibility index (Phi) is 4.57. The fourth-order valence-corrected chi connectivity index (χ4v) is 3.18. The molecule has 1 unspecified atom stereocenters. The number of ether oxygens (including phenoxy) is 2. The fourth-order valence-electron chi connectivity index (χ4n) is 3.18. The lowest BCUT2D eigenvalue weighted by Crippen LogP contribution is -2.48. The van der Waals surface area contributed by atoms with E-state index in [0.717, 1.165) is 45.1 Å². The van der Waals surface area contributed by atoms with Gasteiger partial charge in [-0.25, -0.2) is 0 Å². The molecule has 0 spiro atoms. The third kappa shape index (κ3) is 2.89. The zero-order chi connectivity index (χ0) is 12.1. The normalized spacial score (nSPS) is 28.9. The van der Waals surface area contributed by atoms with E-state index in [1.165, 1.54) is 6.42 Å². The van der Waals surface area contributed by atoms with E-state index in [0.29, 0.717) is 19.0 Å². The highest BCUT2D eigenvalue weighted by Gasteiger charge is 2.43. The van der Waals surface area contributed by atoms with Crippen molar-refractivity contribution in [1.29, 1.82) is 0 Å². The summed E-state index contributed by atoms with van der Waals surface area (Å²) in [5, 5.41) is 0. The van der Waals surface area contributed by atoms with Crippen LogP contribution < -0.4 is 0 Å². The lowest BCUT2D eigenvalue weighted by Gasteiger charge is -2.38. The van der Waals surface area contributed by atoms with Gasteiger partial charge in [-0.05, 0) is 32.6 Å². The van der Waals surface area contributed by atoms with E-state index < -0.39 is 5.60 Å². The maximum absolute atomic E-state index is 12.7. The number of carbonyl (C=O) groups excluding carboxylic acids is 1. The molecule has 1 atom stereocenters. The number of ketones is 1. The first-order valence-electron chi connectivity index (χ1n) is 7.04. The molecule has 0 aromatic rings. The van der Waals surface area contributed by atoms with Crippen LogP contribution in [0.3, 0.4) is 0 Å². The SMILES string of the molecule is CCOC1(C(=O)C2CCCOC2)CCCCC1. The molecule has 2 rings (SSSR count). The molecule has 0 radical (unpaired) electrons. The van der Waals surface area contributed by atoms with Gasteiger partial charge >= 0.3 is 0 Å². The molecular formula is C14H24O3. The Labute approximate surface area is 104 Å². The van der Waals surface area contributed by atoms with Gasteiger partial charge in [0.2, 0.25) is 0 Å². The molecule has 3 nitrogen and oxygen atoms in total. The van der Waals surface area contributed by atoms with E-state index in [9.17, 15) is 4.79 Å². The van der Waals surface area contributed by atoms with Crippen LogP contribution in [-0.2, 0) is 14.3 Å². The molecule has 0 bridgehead atoms. The highest BCUT2D eigenvalue weighted by molar-refractivity contribution is 5.89. The van der Waals surface area contributed by atoms with Gasteiger partial charge in [0.25, 0.3) is 0 Å². The summed E-state index contributed by atoms with van der Waals surface area (Å²) in [5.74, 6) is 0.396. The second-order valence-corrected chi connectivity index (χ2v) is 5.27. The number of hydrogen-bond donors (Lipinski definition) is 0. The van der Waals surface area contributed by atoms with Gasteiger partial charge in [-0.3, -0.25) is 4.79 Å². The lowest BCUT2D eigenvalue weighted by atomic mass is 9.76. The van der Waals surface area contributed by atoms with E-state index in [2.05, 4.69) is 0 Å². The molecule has 0 aromatic heterocycles. The van der Waals surface area contributed by atoms with E-state index in [4.69, 9.17) is 9.47 Å². The summed E-state index contributed by atoms with van der Waals surface area (Å²) in [6.07, 6.45) is 7.31. The predicted octanol–water partition coefficient (Wildman–Crippen LogP) is 2.72. The standard InChI is InChI=1S/C14H24O3/c1-2-17-14(8-4-3-5-9-14)13(15)12-7-6-10-16-11-12/h12H,2-11H2,1H3. The lowest BCUT2D eigenvalue weighted by molar-refractivity contribution is -0.157. The van der Waals surface area contributed by atoms with E-state index in [-0.39, 0.29) is 5.92 Å². The largest absolute Gasteiger partial charge is 0.381 e. The van der Waals surface area contributed by atoms with Crippen LogP contribution in [0.4, 0.5) is 0 Å². The van der Waals surface area contributed by atoms with Gasteiger partial charge in [0, 0.05) is 19.1 Å². The molecule has 3 heteroatoms. The van der Waals surface area contributed by atoms with E-state index in [1.54, 1.807) is 0 Å². The van der Waals surface area contributed by atoms with Gasteiger partial charge < -0.3 is 9.47 Å². The van der Waals surface area contributed by atoms with Crippen molar-refractivity contribution in [3.8, 4) is 0 Å². The quantitative estimate of drug-likeness (QED) is 0.758. The molecule has 1 aliphatic carbocycles. The van der Waals surface area contributed by atoms with Gasteiger partial charge in [0.05, 0.1) is 6.61 Å². The molecule has 0 aromatic carbocycles. The zero-order valence-electron chi connectivity index (χ0n) is 10.9. The van der Waals surface area contributed by atoms with Crippen LogP contribution in [0, 0.1) is 5.92 Å². The molecule has 0 amide bonds. The van der Waals surface area contributed by atoms with Crippen LogP contribution >= 0.6 is 0 Å². The Morgan fingerprint density at radius 1 is 1.29 bits per heavy atom. The number of hydrogen-bond acceptors (Lipinski definition) is 3. The zero-order valence-corrected chi connectivity index (χ0v) is 10.9. The van der Waals surface area contributed by atoms with Crippen molar-refractivity contribution in [2.45, 2.75) is 57.5 Å². The highest BCUT2D eigenvalue weighted by Crippen LogP contribution is 2.36. The molecule has 1 saturated heterocycles. The number of carbonyl (C=O) groups is 1.